The van der Waals surface area contributed by atoms with Gasteiger partial charge >= 0.3 is 0 Å². The van der Waals surface area contributed by atoms with E-state index in [1.54, 1.807) is 24.5 Å². The average Bonchev–Trinajstić information content (AvgIpc) is 3.52. The maximum Gasteiger partial charge on any atom is 0.247 e. The lowest BCUT2D eigenvalue weighted by atomic mass is 10.2. The Balaban J connectivity index is 1.42. The minimum atomic E-state index is 0.433. The molecule has 10 heteroatoms. The third-order valence-corrected chi connectivity index (χ3v) is 6.01. The molecule has 0 amide bonds. The number of ether oxygens (including phenoxy) is 1. The zero-order valence-corrected chi connectivity index (χ0v) is 19.7. The summed E-state index contributed by atoms with van der Waals surface area (Å²) in [6.45, 7) is 2.56. The third kappa shape index (κ3) is 4.80. The lowest BCUT2D eigenvalue weighted by molar-refractivity contribution is 0.340. The number of nitrogens with zero attached hydrogens (tertiary/aromatic N) is 6. The van der Waals surface area contributed by atoms with E-state index >= 15 is 0 Å². The SMILES string of the molecule is CCOc1ccc(-n2c(SCc3nnc(-c4ccc(Cl)cc4)o3)nnc2-c2cccnc2)cc1. The molecule has 34 heavy (non-hydrogen) atoms. The molecule has 0 aliphatic carbocycles. The molecule has 0 saturated carbocycles. The Morgan fingerprint density at radius 2 is 1.76 bits per heavy atom. The molecule has 0 spiro atoms. The molecule has 0 aliphatic rings. The van der Waals surface area contributed by atoms with Gasteiger partial charge in [-0.15, -0.1) is 20.4 Å². The molecule has 5 aromatic rings. The highest BCUT2D eigenvalue weighted by molar-refractivity contribution is 7.98. The van der Waals surface area contributed by atoms with Gasteiger partial charge < -0.3 is 9.15 Å². The van der Waals surface area contributed by atoms with Crippen LogP contribution in [0.1, 0.15) is 12.8 Å². The maximum atomic E-state index is 5.96. The zero-order chi connectivity index (χ0) is 23.3. The van der Waals surface area contributed by atoms with Crippen molar-refractivity contribution in [1.29, 1.82) is 0 Å². The van der Waals surface area contributed by atoms with E-state index in [0.717, 1.165) is 22.6 Å². The van der Waals surface area contributed by atoms with Crippen LogP contribution in [0, 0.1) is 0 Å². The summed E-state index contributed by atoms with van der Waals surface area (Å²) in [5, 5.41) is 18.5. The first-order valence-corrected chi connectivity index (χ1v) is 11.9. The van der Waals surface area contributed by atoms with Crippen LogP contribution in [0.15, 0.2) is 82.6 Å². The Bertz CT molecular complexity index is 1370. The van der Waals surface area contributed by atoms with Crippen LogP contribution in [0.2, 0.25) is 5.02 Å². The number of hydrogen-bond acceptors (Lipinski definition) is 8. The van der Waals surface area contributed by atoms with Crippen LogP contribution >= 0.6 is 23.4 Å². The molecule has 0 saturated heterocycles. The number of rotatable bonds is 8. The second-order valence-electron chi connectivity index (χ2n) is 7.11. The van der Waals surface area contributed by atoms with E-state index < -0.39 is 0 Å². The average molecular weight is 491 g/mol. The van der Waals surface area contributed by atoms with Crippen LogP contribution in [0.5, 0.6) is 5.75 Å². The fraction of sp³-hybridized carbons (Fsp3) is 0.125. The normalized spacial score (nSPS) is 11.0. The van der Waals surface area contributed by atoms with E-state index in [-0.39, 0.29) is 0 Å². The molecule has 0 N–H and O–H groups in total. The quantitative estimate of drug-likeness (QED) is 0.255. The van der Waals surface area contributed by atoms with Crippen molar-refractivity contribution < 1.29 is 9.15 Å². The molecular formula is C24H19ClN6O2S. The zero-order valence-electron chi connectivity index (χ0n) is 18.1. The van der Waals surface area contributed by atoms with Crippen molar-refractivity contribution in [3.8, 4) is 34.3 Å². The second-order valence-corrected chi connectivity index (χ2v) is 8.49. The van der Waals surface area contributed by atoms with Crippen molar-refractivity contribution in [3.63, 3.8) is 0 Å². The molecule has 3 heterocycles. The minimum Gasteiger partial charge on any atom is -0.494 e. The summed E-state index contributed by atoms with van der Waals surface area (Å²) in [4.78, 5) is 4.22. The smallest absolute Gasteiger partial charge is 0.247 e. The Labute approximate surface area is 205 Å². The molecule has 0 atom stereocenters. The molecule has 5 rings (SSSR count). The highest BCUT2D eigenvalue weighted by Crippen LogP contribution is 2.30. The minimum absolute atomic E-state index is 0.433. The highest BCUT2D eigenvalue weighted by Gasteiger charge is 2.18. The number of pyridine rings is 1. The largest absolute Gasteiger partial charge is 0.494 e. The Kier molecular flexibility index (Phi) is 6.55. The molecule has 0 unspecified atom stereocenters. The fourth-order valence-electron chi connectivity index (χ4n) is 3.28. The van der Waals surface area contributed by atoms with Crippen molar-refractivity contribution in [2.45, 2.75) is 17.8 Å². The number of benzene rings is 2. The summed E-state index contributed by atoms with van der Waals surface area (Å²) in [5.41, 5.74) is 2.57. The first kappa shape index (κ1) is 22.1. The van der Waals surface area contributed by atoms with Crippen molar-refractivity contribution in [2.75, 3.05) is 6.61 Å². The van der Waals surface area contributed by atoms with Crippen molar-refractivity contribution in [3.05, 3.63) is 84.0 Å². The number of halogens is 1. The summed E-state index contributed by atoms with van der Waals surface area (Å²) in [6.07, 6.45) is 3.49. The van der Waals surface area contributed by atoms with Gasteiger partial charge in [-0.05, 0) is 67.6 Å². The van der Waals surface area contributed by atoms with Crippen LogP contribution in [0.3, 0.4) is 0 Å². The molecular weight excluding hydrogens is 472 g/mol. The molecule has 3 aromatic heterocycles. The van der Waals surface area contributed by atoms with Crippen LogP contribution in [0.4, 0.5) is 0 Å². The van der Waals surface area contributed by atoms with Crippen LogP contribution in [-0.4, -0.2) is 36.6 Å². The summed E-state index contributed by atoms with van der Waals surface area (Å²) in [7, 11) is 0. The van der Waals surface area contributed by atoms with Gasteiger partial charge in [-0.2, -0.15) is 0 Å². The monoisotopic (exact) mass is 490 g/mol. The standard InChI is InChI=1S/C24H19ClN6O2S/c1-2-32-20-11-9-19(10-12-20)31-22(17-4-3-13-26-14-17)28-30-24(31)34-15-21-27-29-23(33-21)16-5-7-18(25)8-6-16/h3-14H,2,15H2,1H3. The van der Waals surface area contributed by atoms with Gasteiger partial charge in [-0.3, -0.25) is 9.55 Å². The van der Waals surface area contributed by atoms with Gasteiger partial charge in [0.1, 0.15) is 5.75 Å². The predicted molar refractivity (Wildman–Crippen MR) is 130 cm³/mol. The van der Waals surface area contributed by atoms with Crippen LogP contribution in [-0.2, 0) is 5.75 Å². The van der Waals surface area contributed by atoms with E-state index in [1.807, 2.05) is 60.0 Å². The molecule has 0 aliphatic heterocycles. The van der Waals surface area contributed by atoms with Crippen LogP contribution < -0.4 is 4.74 Å². The van der Waals surface area contributed by atoms with Gasteiger partial charge in [0.25, 0.3) is 0 Å². The van der Waals surface area contributed by atoms with Gasteiger partial charge in [0.05, 0.1) is 12.4 Å². The predicted octanol–water partition coefficient (Wildman–Crippen LogP) is 5.72. The summed E-state index contributed by atoms with van der Waals surface area (Å²) < 4.78 is 13.4. The lowest BCUT2D eigenvalue weighted by Crippen LogP contribution is -2.00. The van der Waals surface area contributed by atoms with E-state index in [2.05, 4.69) is 25.4 Å². The fourth-order valence-corrected chi connectivity index (χ4v) is 4.20. The first-order valence-electron chi connectivity index (χ1n) is 10.5. The molecule has 170 valence electrons. The molecule has 0 fully saturated rings. The maximum absolute atomic E-state index is 5.96. The molecule has 8 nitrogen and oxygen atoms in total. The Morgan fingerprint density at radius 3 is 2.50 bits per heavy atom. The highest BCUT2D eigenvalue weighted by atomic mass is 35.5. The van der Waals surface area contributed by atoms with Gasteiger partial charge in [-0.25, -0.2) is 0 Å². The molecule has 0 radical (unpaired) electrons. The number of thioether (sulfide) groups is 1. The van der Waals surface area contributed by atoms with E-state index in [9.17, 15) is 0 Å². The lowest BCUT2D eigenvalue weighted by Gasteiger charge is -2.11. The Morgan fingerprint density at radius 1 is 0.941 bits per heavy atom. The van der Waals surface area contributed by atoms with Crippen molar-refractivity contribution in [1.82, 2.24) is 29.9 Å². The first-order chi connectivity index (χ1) is 16.7. The van der Waals surface area contributed by atoms with Crippen molar-refractivity contribution in [2.24, 2.45) is 0 Å². The third-order valence-electron chi connectivity index (χ3n) is 4.84. The van der Waals surface area contributed by atoms with Gasteiger partial charge in [-0.1, -0.05) is 23.4 Å². The Hall–Kier alpha value is -3.69. The number of aromatic nitrogens is 6. The van der Waals surface area contributed by atoms with Gasteiger partial charge in [0, 0.05) is 34.2 Å². The molecule has 2 aromatic carbocycles. The van der Waals surface area contributed by atoms with Gasteiger partial charge in [0.15, 0.2) is 11.0 Å². The van der Waals surface area contributed by atoms with Gasteiger partial charge in [0.2, 0.25) is 11.8 Å². The van der Waals surface area contributed by atoms with Crippen LogP contribution in [0.25, 0.3) is 28.5 Å². The summed E-state index contributed by atoms with van der Waals surface area (Å²) >= 11 is 7.42. The van der Waals surface area contributed by atoms with E-state index in [4.69, 9.17) is 20.8 Å². The molecule has 0 bridgehead atoms. The van der Waals surface area contributed by atoms with Crippen molar-refractivity contribution >= 4 is 23.4 Å². The summed E-state index contributed by atoms with van der Waals surface area (Å²) in [6, 6.07) is 18.9. The van der Waals surface area contributed by atoms with E-state index in [1.165, 1.54) is 11.8 Å². The second kappa shape index (κ2) is 10.1. The topological polar surface area (TPSA) is 91.8 Å². The summed E-state index contributed by atoms with van der Waals surface area (Å²) in [5.74, 6) is 2.85. The number of hydrogen-bond donors (Lipinski definition) is 0. The van der Waals surface area contributed by atoms with E-state index in [0.29, 0.717) is 40.1 Å².